The lowest BCUT2D eigenvalue weighted by atomic mass is 9.69. The Hall–Kier alpha value is -0.930. The van der Waals surface area contributed by atoms with E-state index in [4.69, 9.17) is 0 Å². The van der Waals surface area contributed by atoms with Crippen molar-refractivity contribution in [1.29, 1.82) is 0 Å². The van der Waals surface area contributed by atoms with Crippen molar-refractivity contribution in [3.8, 4) is 0 Å². The predicted octanol–water partition coefficient (Wildman–Crippen LogP) is 3.32. The van der Waals surface area contributed by atoms with E-state index in [2.05, 4.69) is 62.2 Å². The maximum absolute atomic E-state index is 4.47. The first-order chi connectivity index (χ1) is 9.91. The second-order valence-electron chi connectivity index (χ2n) is 7.57. The van der Waals surface area contributed by atoms with Crippen LogP contribution in [-0.4, -0.2) is 36.1 Å². The summed E-state index contributed by atoms with van der Waals surface area (Å²) >= 11 is 0. The molecule has 21 heavy (non-hydrogen) atoms. The second-order valence-corrected chi connectivity index (χ2v) is 7.57. The molecule has 0 amide bonds. The summed E-state index contributed by atoms with van der Waals surface area (Å²) in [6.45, 7) is 8.08. The van der Waals surface area contributed by atoms with Crippen molar-refractivity contribution < 1.29 is 0 Å². The first kappa shape index (κ1) is 16.4. The normalized spacial score (nSPS) is 27.0. The highest BCUT2D eigenvalue weighted by Crippen LogP contribution is 2.39. The van der Waals surface area contributed by atoms with Crippen LogP contribution in [0.1, 0.15) is 45.7 Å². The fraction of sp³-hybridized carbons (Fsp3) is 0.722. The Morgan fingerprint density at radius 3 is 2.62 bits per heavy atom. The average Bonchev–Trinajstić information content (AvgIpc) is 2.46. The van der Waals surface area contributed by atoms with Crippen LogP contribution in [0.25, 0.3) is 0 Å². The monoisotopic (exact) mass is 289 g/mol. The molecule has 3 heteroatoms. The third kappa shape index (κ3) is 4.27. The number of pyridine rings is 1. The number of likely N-dealkylation sites (N-methyl/N-ethyl adjacent to an activating group) is 2. The number of hydrogen-bond donors (Lipinski definition) is 1. The summed E-state index contributed by atoms with van der Waals surface area (Å²) in [7, 11) is 4.35. The SMILES string of the molecule is CNC1CCC(C(C)(C)C)CC1N(C)Cc1ccccn1. The summed E-state index contributed by atoms with van der Waals surface area (Å²) < 4.78 is 0. The molecule has 1 N–H and O–H groups in total. The molecule has 2 rings (SSSR count). The van der Waals surface area contributed by atoms with Crippen molar-refractivity contribution in [2.75, 3.05) is 14.1 Å². The van der Waals surface area contributed by atoms with E-state index in [9.17, 15) is 0 Å². The Morgan fingerprint density at radius 2 is 2.05 bits per heavy atom. The molecular formula is C18H31N3. The van der Waals surface area contributed by atoms with Crippen LogP contribution in [0.3, 0.4) is 0 Å². The molecule has 118 valence electrons. The standard InChI is InChI=1S/C18H31N3/c1-18(2,3)14-9-10-16(19-4)17(12-14)21(5)13-15-8-6-7-11-20-15/h6-8,11,14,16-17,19H,9-10,12-13H2,1-5H3. The zero-order valence-corrected chi connectivity index (χ0v) is 14.3. The minimum Gasteiger partial charge on any atom is -0.315 e. The molecule has 1 aliphatic carbocycles. The molecule has 0 aliphatic heterocycles. The molecule has 1 aromatic heterocycles. The van der Waals surface area contributed by atoms with Crippen molar-refractivity contribution in [2.24, 2.45) is 11.3 Å². The smallest absolute Gasteiger partial charge is 0.0543 e. The molecule has 0 radical (unpaired) electrons. The van der Waals surface area contributed by atoms with Gasteiger partial charge in [-0.25, -0.2) is 0 Å². The first-order valence-electron chi connectivity index (χ1n) is 8.19. The van der Waals surface area contributed by atoms with Gasteiger partial charge >= 0.3 is 0 Å². The third-order valence-electron chi connectivity index (χ3n) is 5.12. The molecule has 1 aliphatic rings. The molecular weight excluding hydrogens is 258 g/mol. The maximum Gasteiger partial charge on any atom is 0.0543 e. The Kier molecular flexibility index (Phi) is 5.39. The van der Waals surface area contributed by atoms with Crippen LogP contribution < -0.4 is 5.32 Å². The van der Waals surface area contributed by atoms with Crippen molar-refractivity contribution in [3.63, 3.8) is 0 Å². The molecule has 0 spiro atoms. The van der Waals surface area contributed by atoms with Crippen LogP contribution in [0.15, 0.2) is 24.4 Å². The number of aromatic nitrogens is 1. The van der Waals surface area contributed by atoms with Gasteiger partial charge < -0.3 is 5.32 Å². The van der Waals surface area contributed by atoms with E-state index in [0.717, 1.165) is 18.2 Å². The van der Waals surface area contributed by atoms with Gasteiger partial charge in [0.05, 0.1) is 5.69 Å². The highest BCUT2D eigenvalue weighted by Gasteiger charge is 2.37. The summed E-state index contributed by atoms with van der Waals surface area (Å²) in [5, 5.41) is 3.53. The number of nitrogens with zero attached hydrogens (tertiary/aromatic N) is 2. The lowest BCUT2D eigenvalue weighted by Crippen LogP contribution is -2.52. The van der Waals surface area contributed by atoms with Crippen molar-refractivity contribution in [1.82, 2.24) is 15.2 Å². The lowest BCUT2D eigenvalue weighted by Gasteiger charge is -2.45. The van der Waals surface area contributed by atoms with Crippen LogP contribution in [0.5, 0.6) is 0 Å². The number of rotatable bonds is 4. The number of nitrogens with one attached hydrogen (secondary N) is 1. The molecule has 1 aromatic rings. The van der Waals surface area contributed by atoms with Crippen LogP contribution in [0.2, 0.25) is 0 Å². The van der Waals surface area contributed by atoms with Crippen LogP contribution in [-0.2, 0) is 6.54 Å². The van der Waals surface area contributed by atoms with E-state index in [1.807, 2.05) is 12.3 Å². The van der Waals surface area contributed by atoms with E-state index in [1.54, 1.807) is 0 Å². The van der Waals surface area contributed by atoms with E-state index in [0.29, 0.717) is 17.5 Å². The van der Waals surface area contributed by atoms with Crippen molar-refractivity contribution >= 4 is 0 Å². The minimum absolute atomic E-state index is 0.406. The molecule has 3 unspecified atom stereocenters. The van der Waals surface area contributed by atoms with Gasteiger partial charge in [-0.2, -0.15) is 0 Å². The quantitative estimate of drug-likeness (QED) is 0.921. The van der Waals surface area contributed by atoms with E-state index >= 15 is 0 Å². The van der Waals surface area contributed by atoms with Gasteiger partial charge in [-0.1, -0.05) is 26.8 Å². The van der Waals surface area contributed by atoms with Gasteiger partial charge in [0.15, 0.2) is 0 Å². The fourth-order valence-electron chi connectivity index (χ4n) is 3.62. The molecule has 3 atom stereocenters. The first-order valence-corrected chi connectivity index (χ1v) is 8.19. The summed E-state index contributed by atoms with van der Waals surface area (Å²) in [4.78, 5) is 6.96. The Bertz CT molecular complexity index is 424. The van der Waals surface area contributed by atoms with Crippen molar-refractivity contribution in [3.05, 3.63) is 30.1 Å². The topological polar surface area (TPSA) is 28.2 Å². The predicted molar refractivity (Wildman–Crippen MR) is 89.1 cm³/mol. The van der Waals surface area contributed by atoms with Crippen LogP contribution >= 0.6 is 0 Å². The zero-order chi connectivity index (χ0) is 15.5. The highest BCUT2D eigenvalue weighted by molar-refractivity contribution is 5.04. The van der Waals surface area contributed by atoms with Crippen LogP contribution in [0, 0.1) is 11.3 Å². The Morgan fingerprint density at radius 1 is 1.29 bits per heavy atom. The fourth-order valence-corrected chi connectivity index (χ4v) is 3.62. The average molecular weight is 289 g/mol. The molecule has 0 bridgehead atoms. The summed E-state index contributed by atoms with van der Waals surface area (Å²) in [6, 6.07) is 7.36. The van der Waals surface area contributed by atoms with E-state index in [1.165, 1.54) is 19.3 Å². The van der Waals surface area contributed by atoms with Gasteiger partial charge in [-0.3, -0.25) is 9.88 Å². The highest BCUT2D eigenvalue weighted by atomic mass is 15.2. The maximum atomic E-state index is 4.47. The molecule has 1 heterocycles. The molecule has 1 fully saturated rings. The van der Waals surface area contributed by atoms with Gasteiger partial charge in [-0.05, 0) is 56.8 Å². The van der Waals surface area contributed by atoms with Gasteiger partial charge in [-0.15, -0.1) is 0 Å². The van der Waals surface area contributed by atoms with Crippen molar-refractivity contribution in [2.45, 2.75) is 58.7 Å². The largest absolute Gasteiger partial charge is 0.315 e. The second kappa shape index (κ2) is 6.89. The third-order valence-corrected chi connectivity index (χ3v) is 5.12. The Balaban J connectivity index is 2.06. The van der Waals surface area contributed by atoms with Crippen LogP contribution in [0.4, 0.5) is 0 Å². The molecule has 0 saturated heterocycles. The molecule has 1 saturated carbocycles. The molecule has 0 aromatic carbocycles. The lowest BCUT2D eigenvalue weighted by molar-refractivity contribution is 0.0705. The minimum atomic E-state index is 0.406. The van der Waals surface area contributed by atoms with Gasteiger partial charge in [0.25, 0.3) is 0 Å². The zero-order valence-electron chi connectivity index (χ0n) is 14.3. The summed E-state index contributed by atoms with van der Waals surface area (Å²) in [5.74, 6) is 0.804. The van der Waals surface area contributed by atoms with E-state index in [-0.39, 0.29) is 0 Å². The molecule has 3 nitrogen and oxygen atoms in total. The summed E-state index contributed by atoms with van der Waals surface area (Å²) in [5.41, 5.74) is 1.57. The van der Waals surface area contributed by atoms with E-state index < -0.39 is 0 Å². The number of hydrogen-bond acceptors (Lipinski definition) is 3. The van der Waals surface area contributed by atoms with Gasteiger partial charge in [0.1, 0.15) is 0 Å². The Labute approximate surface area is 130 Å². The summed E-state index contributed by atoms with van der Waals surface area (Å²) in [6.07, 6.45) is 5.77. The van der Waals surface area contributed by atoms with Gasteiger partial charge in [0.2, 0.25) is 0 Å². The van der Waals surface area contributed by atoms with Gasteiger partial charge in [0, 0.05) is 24.8 Å².